The van der Waals surface area contributed by atoms with Gasteiger partial charge in [0.15, 0.2) is 0 Å². The van der Waals surface area contributed by atoms with Gasteiger partial charge in [-0.2, -0.15) is 0 Å². The fourth-order valence-electron chi connectivity index (χ4n) is 1.01. The molecule has 0 heterocycles. The smallest absolute Gasteiger partial charge is 0.263 e. The molecule has 0 aromatic rings. The first kappa shape index (κ1) is 10.6. The van der Waals surface area contributed by atoms with Gasteiger partial charge in [-0.25, -0.2) is 8.78 Å². The van der Waals surface area contributed by atoms with E-state index in [9.17, 15) is 8.78 Å². The third-order valence-electron chi connectivity index (χ3n) is 1.80. The highest BCUT2D eigenvalue weighted by atomic mass is 19.3. The summed E-state index contributed by atoms with van der Waals surface area (Å²) in [5, 5.41) is 0. The predicted octanol–water partition coefficient (Wildman–Crippen LogP) is 2.00. The topological polar surface area (TPSA) is 18.5 Å². The van der Waals surface area contributed by atoms with Crippen molar-refractivity contribution in [2.45, 2.75) is 31.5 Å². The minimum absolute atomic E-state index is 0.0973. The molecule has 4 heteroatoms. The van der Waals surface area contributed by atoms with Gasteiger partial charge >= 0.3 is 0 Å². The molecule has 13 heavy (non-hydrogen) atoms. The molecule has 2 unspecified atom stereocenters. The Kier molecular flexibility index (Phi) is 3.39. The largest absolute Gasteiger partial charge is 0.379 e. The van der Waals surface area contributed by atoms with Crippen LogP contribution in [0.4, 0.5) is 8.78 Å². The van der Waals surface area contributed by atoms with E-state index in [1.807, 2.05) is 0 Å². The molecule has 2 atom stereocenters. The van der Waals surface area contributed by atoms with E-state index in [2.05, 4.69) is 0 Å². The Bertz CT molecular complexity index is 187. The monoisotopic (exact) mass is 192 g/mol. The number of hydrogen-bond acceptors (Lipinski definition) is 2. The Hall–Kier alpha value is -0.480. The number of rotatable bonds is 5. The number of alkyl halides is 2. The van der Waals surface area contributed by atoms with Gasteiger partial charge in [0.2, 0.25) is 0 Å². The van der Waals surface area contributed by atoms with Crippen LogP contribution in [0.1, 0.15) is 13.3 Å². The molecule has 2 nitrogen and oxygen atoms in total. The van der Waals surface area contributed by atoms with Crippen LogP contribution in [0.25, 0.3) is 0 Å². The maximum atomic E-state index is 12.2. The van der Waals surface area contributed by atoms with E-state index >= 15 is 0 Å². The van der Waals surface area contributed by atoms with Gasteiger partial charge in [-0.15, -0.1) is 0 Å². The number of allylic oxidation sites excluding steroid dienone is 1. The molecule has 1 fully saturated rings. The zero-order valence-corrected chi connectivity index (χ0v) is 7.80. The van der Waals surface area contributed by atoms with Gasteiger partial charge in [-0.3, -0.25) is 0 Å². The molecule has 0 radical (unpaired) electrons. The van der Waals surface area contributed by atoms with Gasteiger partial charge < -0.3 is 9.47 Å². The summed E-state index contributed by atoms with van der Waals surface area (Å²) in [5.41, 5.74) is 0. The summed E-state index contributed by atoms with van der Waals surface area (Å²) in [4.78, 5) is 0. The molecule has 76 valence electrons. The molecule has 0 amide bonds. The normalized spacial score (nSPS) is 28.3. The van der Waals surface area contributed by atoms with Crippen LogP contribution >= 0.6 is 0 Å². The highest BCUT2D eigenvalue weighted by Gasteiger charge is 2.38. The molecule has 0 saturated heterocycles. The Morgan fingerprint density at radius 2 is 2.15 bits per heavy atom. The standard InChI is InChI=1S/C9H14F2O2/c1-9(10,11)4-3-5-13-8-6-7(8)12-2/h3-4,7-8H,5-6H2,1-2H3/b4-3+. The molecule has 0 spiro atoms. The second-order valence-electron chi connectivity index (χ2n) is 3.24. The van der Waals surface area contributed by atoms with Crippen LogP contribution in [0.2, 0.25) is 0 Å². The lowest BCUT2D eigenvalue weighted by atomic mass is 10.3. The second kappa shape index (κ2) is 4.15. The van der Waals surface area contributed by atoms with Crippen molar-refractivity contribution < 1.29 is 18.3 Å². The molecule has 1 aliphatic carbocycles. The minimum Gasteiger partial charge on any atom is -0.379 e. The average Bonchev–Trinajstić information content (AvgIpc) is 2.75. The Morgan fingerprint density at radius 3 is 2.62 bits per heavy atom. The van der Waals surface area contributed by atoms with Crippen LogP contribution in [-0.2, 0) is 9.47 Å². The third-order valence-corrected chi connectivity index (χ3v) is 1.80. The zero-order valence-electron chi connectivity index (χ0n) is 7.80. The predicted molar refractivity (Wildman–Crippen MR) is 44.9 cm³/mol. The molecule has 0 aliphatic heterocycles. The lowest BCUT2D eigenvalue weighted by Crippen LogP contribution is -2.05. The maximum absolute atomic E-state index is 12.2. The summed E-state index contributed by atoms with van der Waals surface area (Å²) in [5.74, 6) is -2.74. The van der Waals surface area contributed by atoms with Crippen LogP contribution in [-0.4, -0.2) is 31.8 Å². The summed E-state index contributed by atoms with van der Waals surface area (Å²) >= 11 is 0. The second-order valence-corrected chi connectivity index (χ2v) is 3.24. The molecule has 0 bridgehead atoms. The van der Waals surface area contributed by atoms with Crippen LogP contribution < -0.4 is 0 Å². The molecule has 1 rings (SSSR count). The molecule has 1 aliphatic rings. The molecule has 0 N–H and O–H groups in total. The van der Waals surface area contributed by atoms with E-state index in [0.29, 0.717) is 0 Å². The van der Waals surface area contributed by atoms with Gasteiger partial charge in [0.05, 0.1) is 18.8 Å². The van der Waals surface area contributed by atoms with E-state index in [-0.39, 0.29) is 18.8 Å². The average molecular weight is 192 g/mol. The summed E-state index contributed by atoms with van der Waals surface area (Å²) in [6.45, 7) is 1.08. The molecule has 0 aromatic carbocycles. The van der Waals surface area contributed by atoms with Crippen molar-refractivity contribution in [2.75, 3.05) is 13.7 Å². The minimum atomic E-state index is -2.74. The quantitative estimate of drug-likeness (QED) is 0.620. The first-order chi connectivity index (χ1) is 6.03. The fourth-order valence-corrected chi connectivity index (χ4v) is 1.01. The van der Waals surface area contributed by atoms with Gasteiger partial charge in [0.1, 0.15) is 0 Å². The highest BCUT2D eigenvalue weighted by molar-refractivity contribution is 4.94. The molecule has 0 aromatic heterocycles. The number of methoxy groups -OCH3 is 1. The van der Waals surface area contributed by atoms with Gasteiger partial charge in [-0.05, 0) is 6.08 Å². The van der Waals surface area contributed by atoms with Crippen LogP contribution in [0, 0.1) is 0 Å². The van der Waals surface area contributed by atoms with Crippen LogP contribution in [0.3, 0.4) is 0 Å². The molecule has 1 saturated carbocycles. The van der Waals surface area contributed by atoms with E-state index in [1.54, 1.807) is 7.11 Å². The summed E-state index contributed by atoms with van der Waals surface area (Å²) < 4.78 is 34.7. The van der Waals surface area contributed by atoms with Crippen molar-refractivity contribution in [3.63, 3.8) is 0 Å². The van der Waals surface area contributed by atoms with Crippen molar-refractivity contribution in [1.82, 2.24) is 0 Å². The maximum Gasteiger partial charge on any atom is 0.263 e. The Labute approximate surface area is 76.5 Å². The van der Waals surface area contributed by atoms with Crippen molar-refractivity contribution in [2.24, 2.45) is 0 Å². The summed E-state index contributed by atoms with van der Waals surface area (Å²) in [6, 6.07) is 0. The third kappa shape index (κ3) is 4.33. The van der Waals surface area contributed by atoms with E-state index in [0.717, 1.165) is 19.4 Å². The number of halogens is 2. The fraction of sp³-hybridized carbons (Fsp3) is 0.778. The van der Waals surface area contributed by atoms with Crippen molar-refractivity contribution >= 4 is 0 Å². The van der Waals surface area contributed by atoms with Crippen LogP contribution in [0.15, 0.2) is 12.2 Å². The van der Waals surface area contributed by atoms with Crippen molar-refractivity contribution in [3.8, 4) is 0 Å². The van der Waals surface area contributed by atoms with Crippen molar-refractivity contribution in [1.29, 1.82) is 0 Å². The lowest BCUT2D eigenvalue weighted by Gasteiger charge is -2.02. The highest BCUT2D eigenvalue weighted by Crippen LogP contribution is 2.28. The Morgan fingerprint density at radius 1 is 1.46 bits per heavy atom. The van der Waals surface area contributed by atoms with Crippen molar-refractivity contribution in [3.05, 3.63) is 12.2 Å². The zero-order chi connectivity index (χ0) is 9.90. The number of hydrogen-bond donors (Lipinski definition) is 0. The first-order valence-corrected chi connectivity index (χ1v) is 4.23. The van der Waals surface area contributed by atoms with Crippen LogP contribution in [0.5, 0.6) is 0 Å². The SMILES string of the molecule is COC1CC1OC/C=C/C(C)(F)F. The van der Waals surface area contributed by atoms with Gasteiger partial charge in [0.25, 0.3) is 5.92 Å². The van der Waals surface area contributed by atoms with Gasteiger partial charge in [0, 0.05) is 20.5 Å². The summed E-state index contributed by atoms with van der Waals surface area (Å²) in [6.07, 6.45) is 3.31. The Balaban J connectivity index is 2.05. The molecular weight excluding hydrogens is 178 g/mol. The lowest BCUT2D eigenvalue weighted by molar-refractivity contribution is 0.0691. The first-order valence-electron chi connectivity index (χ1n) is 4.23. The summed E-state index contributed by atoms with van der Waals surface area (Å²) in [7, 11) is 1.62. The van der Waals surface area contributed by atoms with Gasteiger partial charge in [-0.1, -0.05) is 6.08 Å². The molecular formula is C9H14F2O2. The van der Waals surface area contributed by atoms with E-state index in [1.165, 1.54) is 6.08 Å². The van der Waals surface area contributed by atoms with E-state index < -0.39 is 5.92 Å². The number of ether oxygens (including phenoxy) is 2. The van der Waals surface area contributed by atoms with E-state index in [4.69, 9.17) is 9.47 Å².